The number of ether oxygens (including phenoxy) is 2. The summed E-state index contributed by atoms with van der Waals surface area (Å²) in [6.45, 7) is 6.07. The Morgan fingerprint density at radius 1 is 1.20 bits per heavy atom. The maximum Gasteiger partial charge on any atom is 0.224 e. The van der Waals surface area contributed by atoms with Gasteiger partial charge in [-0.3, -0.25) is 4.79 Å². The lowest BCUT2D eigenvalue weighted by Crippen LogP contribution is -2.26. The van der Waals surface area contributed by atoms with Gasteiger partial charge in [0.1, 0.15) is 13.2 Å². The maximum absolute atomic E-state index is 11.9. The second kappa shape index (κ2) is 7.17. The number of aryl methyl sites for hydroxylation is 1. The van der Waals surface area contributed by atoms with E-state index in [1.807, 2.05) is 19.1 Å². The molecule has 0 fully saturated rings. The van der Waals surface area contributed by atoms with Gasteiger partial charge in [0.15, 0.2) is 11.5 Å². The molecule has 1 heterocycles. The molecule has 0 radical (unpaired) electrons. The van der Waals surface area contributed by atoms with E-state index in [4.69, 9.17) is 9.47 Å². The van der Waals surface area contributed by atoms with Gasteiger partial charge >= 0.3 is 0 Å². The van der Waals surface area contributed by atoms with Gasteiger partial charge in [0.05, 0.1) is 6.42 Å². The molecule has 2 rings (SSSR count). The molecule has 0 atom stereocenters. The van der Waals surface area contributed by atoms with Crippen molar-refractivity contribution < 1.29 is 14.3 Å². The van der Waals surface area contributed by atoms with Gasteiger partial charge in [0, 0.05) is 6.54 Å². The fraction of sp³-hybridized carbons (Fsp3) is 0.562. The summed E-state index contributed by atoms with van der Waals surface area (Å²) < 4.78 is 11.1. The number of fused-ring (bicyclic) bond motifs is 1. The van der Waals surface area contributed by atoms with Crippen LogP contribution in [0, 0.1) is 6.92 Å². The van der Waals surface area contributed by atoms with Crippen LogP contribution in [0.1, 0.15) is 37.3 Å². The summed E-state index contributed by atoms with van der Waals surface area (Å²) in [6.07, 6.45) is 3.76. The SMILES string of the molecule is CCCCCNC(=O)Cc1cc2c(cc1C)OCCO2. The Morgan fingerprint density at radius 2 is 1.90 bits per heavy atom. The van der Waals surface area contributed by atoms with Crippen molar-refractivity contribution in [2.45, 2.75) is 39.5 Å². The minimum absolute atomic E-state index is 0.0703. The highest BCUT2D eigenvalue weighted by Crippen LogP contribution is 2.33. The normalized spacial score (nSPS) is 13.1. The van der Waals surface area contributed by atoms with E-state index in [0.29, 0.717) is 19.6 Å². The van der Waals surface area contributed by atoms with Crippen LogP contribution in [0.25, 0.3) is 0 Å². The Morgan fingerprint density at radius 3 is 2.60 bits per heavy atom. The van der Waals surface area contributed by atoms with Crippen molar-refractivity contribution in [3.05, 3.63) is 23.3 Å². The van der Waals surface area contributed by atoms with Crippen molar-refractivity contribution >= 4 is 5.91 Å². The molecule has 0 aromatic heterocycles. The van der Waals surface area contributed by atoms with E-state index in [0.717, 1.165) is 48.4 Å². The van der Waals surface area contributed by atoms with Gasteiger partial charge in [-0.05, 0) is 36.6 Å². The van der Waals surface area contributed by atoms with E-state index >= 15 is 0 Å². The second-order valence-electron chi connectivity index (χ2n) is 5.16. The molecule has 1 N–H and O–H groups in total. The largest absolute Gasteiger partial charge is 0.486 e. The van der Waals surface area contributed by atoms with E-state index in [-0.39, 0.29) is 5.91 Å². The summed E-state index contributed by atoms with van der Waals surface area (Å²) >= 11 is 0. The fourth-order valence-corrected chi connectivity index (χ4v) is 2.26. The molecule has 0 saturated heterocycles. The Labute approximate surface area is 120 Å². The maximum atomic E-state index is 11.9. The van der Waals surface area contributed by atoms with Gasteiger partial charge in [0.2, 0.25) is 5.91 Å². The third kappa shape index (κ3) is 3.89. The number of carbonyl (C=O) groups excluding carboxylic acids is 1. The lowest BCUT2D eigenvalue weighted by molar-refractivity contribution is -0.120. The summed E-state index contributed by atoms with van der Waals surface area (Å²) in [5, 5.41) is 2.96. The van der Waals surface area contributed by atoms with E-state index in [2.05, 4.69) is 12.2 Å². The number of nitrogens with one attached hydrogen (secondary N) is 1. The molecule has 0 bridgehead atoms. The quantitative estimate of drug-likeness (QED) is 0.813. The first kappa shape index (κ1) is 14.7. The predicted octanol–water partition coefficient (Wildman–Crippen LogP) is 2.62. The van der Waals surface area contributed by atoms with Gasteiger partial charge in [-0.25, -0.2) is 0 Å². The minimum atomic E-state index is 0.0703. The number of hydrogen-bond donors (Lipinski definition) is 1. The molecule has 4 nitrogen and oxygen atoms in total. The van der Waals surface area contributed by atoms with Crippen LogP contribution >= 0.6 is 0 Å². The third-order valence-corrected chi connectivity index (χ3v) is 3.45. The van der Waals surface area contributed by atoms with Crippen molar-refractivity contribution in [1.82, 2.24) is 5.32 Å². The number of amides is 1. The molecule has 4 heteroatoms. The topological polar surface area (TPSA) is 47.6 Å². The first-order chi connectivity index (χ1) is 9.70. The number of carbonyl (C=O) groups is 1. The van der Waals surface area contributed by atoms with Gasteiger partial charge < -0.3 is 14.8 Å². The van der Waals surface area contributed by atoms with Crippen molar-refractivity contribution in [2.75, 3.05) is 19.8 Å². The van der Waals surface area contributed by atoms with Gasteiger partial charge in [0.25, 0.3) is 0 Å². The predicted molar refractivity (Wildman–Crippen MR) is 78.4 cm³/mol. The van der Waals surface area contributed by atoms with Crippen molar-refractivity contribution in [1.29, 1.82) is 0 Å². The molecule has 20 heavy (non-hydrogen) atoms. The zero-order valence-electron chi connectivity index (χ0n) is 12.3. The third-order valence-electron chi connectivity index (χ3n) is 3.45. The highest BCUT2D eigenvalue weighted by molar-refractivity contribution is 5.79. The molecule has 1 aromatic carbocycles. The summed E-state index contributed by atoms with van der Waals surface area (Å²) in [4.78, 5) is 11.9. The molecule has 1 amide bonds. The summed E-state index contributed by atoms with van der Waals surface area (Å²) in [5.74, 6) is 1.59. The van der Waals surface area contributed by atoms with Crippen LogP contribution < -0.4 is 14.8 Å². The average Bonchev–Trinajstić information content (AvgIpc) is 2.44. The van der Waals surface area contributed by atoms with Crippen LogP contribution in [0.5, 0.6) is 11.5 Å². The van der Waals surface area contributed by atoms with E-state index < -0.39 is 0 Å². The number of hydrogen-bond acceptors (Lipinski definition) is 3. The van der Waals surface area contributed by atoms with Crippen LogP contribution in [-0.4, -0.2) is 25.7 Å². The summed E-state index contributed by atoms with van der Waals surface area (Å²) in [7, 11) is 0. The Bertz CT molecular complexity index is 471. The fourth-order valence-electron chi connectivity index (χ4n) is 2.26. The summed E-state index contributed by atoms with van der Waals surface area (Å²) in [5.41, 5.74) is 2.07. The van der Waals surface area contributed by atoms with Gasteiger partial charge in [-0.1, -0.05) is 19.8 Å². The Hall–Kier alpha value is -1.71. The molecule has 1 aromatic rings. The molecule has 110 valence electrons. The molecule has 0 spiro atoms. The molecule has 0 aliphatic carbocycles. The second-order valence-corrected chi connectivity index (χ2v) is 5.16. The zero-order valence-corrected chi connectivity index (χ0v) is 12.3. The Balaban J connectivity index is 1.93. The first-order valence-corrected chi connectivity index (χ1v) is 7.36. The van der Waals surface area contributed by atoms with Crippen LogP contribution in [0.2, 0.25) is 0 Å². The van der Waals surface area contributed by atoms with Crippen LogP contribution in [-0.2, 0) is 11.2 Å². The molecule has 0 unspecified atom stereocenters. The van der Waals surface area contributed by atoms with Crippen LogP contribution in [0.3, 0.4) is 0 Å². The molecular formula is C16H23NO3. The molecule has 1 aliphatic heterocycles. The number of benzene rings is 1. The lowest BCUT2D eigenvalue weighted by atomic mass is 10.0. The van der Waals surface area contributed by atoms with E-state index in [1.165, 1.54) is 0 Å². The highest BCUT2D eigenvalue weighted by Gasteiger charge is 2.15. The summed E-state index contributed by atoms with van der Waals surface area (Å²) in [6, 6.07) is 3.88. The van der Waals surface area contributed by atoms with Gasteiger partial charge in [-0.15, -0.1) is 0 Å². The van der Waals surface area contributed by atoms with E-state index in [9.17, 15) is 4.79 Å². The van der Waals surface area contributed by atoms with Crippen molar-refractivity contribution in [2.24, 2.45) is 0 Å². The average molecular weight is 277 g/mol. The van der Waals surface area contributed by atoms with Crippen LogP contribution in [0.15, 0.2) is 12.1 Å². The van der Waals surface area contributed by atoms with Gasteiger partial charge in [-0.2, -0.15) is 0 Å². The van der Waals surface area contributed by atoms with Crippen LogP contribution in [0.4, 0.5) is 0 Å². The monoisotopic (exact) mass is 277 g/mol. The highest BCUT2D eigenvalue weighted by atomic mass is 16.6. The standard InChI is InChI=1S/C16H23NO3/c1-3-4-5-6-17-16(18)11-13-10-15-14(9-12(13)2)19-7-8-20-15/h9-10H,3-8,11H2,1-2H3,(H,17,18). The van der Waals surface area contributed by atoms with E-state index in [1.54, 1.807) is 0 Å². The smallest absolute Gasteiger partial charge is 0.224 e. The number of unbranched alkanes of at least 4 members (excludes halogenated alkanes) is 2. The minimum Gasteiger partial charge on any atom is -0.486 e. The Kier molecular flexibility index (Phi) is 5.27. The lowest BCUT2D eigenvalue weighted by Gasteiger charge is -2.20. The molecular weight excluding hydrogens is 254 g/mol. The van der Waals surface area contributed by atoms with Crippen molar-refractivity contribution in [3.63, 3.8) is 0 Å². The molecule has 1 aliphatic rings. The first-order valence-electron chi connectivity index (χ1n) is 7.36. The molecule has 0 saturated carbocycles. The zero-order chi connectivity index (χ0) is 14.4. The van der Waals surface area contributed by atoms with Crippen molar-refractivity contribution in [3.8, 4) is 11.5 Å². The number of rotatable bonds is 6.